The van der Waals surface area contributed by atoms with Crippen LogP contribution in [0.15, 0.2) is 48.5 Å². The Morgan fingerprint density at radius 1 is 1.13 bits per heavy atom. The summed E-state index contributed by atoms with van der Waals surface area (Å²) in [4.78, 5) is 38.3. The van der Waals surface area contributed by atoms with E-state index < -0.39 is 16.5 Å². The van der Waals surface area contributed by atoms with Crippen LogP contribution in [0.1, 0.15) is 44.4 Å². The lowest BCUT2D eigenvalue weighted by molar-refractivity contribution is -0.385. The average Bonchev–Trinajstić information content (AvgIpc) is 2.64. The molecule has 2 rings (SSSR count). The average molecular weight is 412 g/mol. The molecule has 0 aliphatic heterocycles. The van der Waals surface area contributed by atoms with E-state index in [1.54, 1.807) is 25.1 Å². The third kappa shape index (κ3) is 6.40. The molecule has 0 saturated heterocycles. The molecule has 30 heavy (non-hydrogen) atoms. The third-order valence-corrected chi connectivity index (χ3v) is 4.63. The summed E-state index contributed by atoms with van der Waals surface area (Å²) in [5.74, 6) is -0.617. The van der Waals surface area contributed by atoms with Crippen molar-refractivity contribution in [3.05, 3.63) is 75.3 Å². The minimum absolute atomic E-state index is 0.104. The summed E-state index contributed by atoms with van der Waals surface area (Å²) < 4.78 is 0. The SMILES string of the molecule is Cc1cccc(CN(C(=O)Cc2ccccc2[N+](=O)[O-])[C@@H](C)C(=O)NC(C)(C)C)c1. The van der Waals surface area contributed by atoms with E-state index in [9.17, 15) is 19.7 Å². The highest BCUT2D eigenvalue weighted by Gasteiger charge is 2.29. The molecule has 0 spiro atoms. The molecule has 1 N–H and O–H groups in total. The lowest BCUT2D eigenvalue weighted by Crippen LogP contribution is -2.52. The van der Waals surface area contributed by atoms with Crippen LogP contribution in [0.5, 0.6) is 0 Å². The van der Waals surface area contributed by atoms with Gasteiger partial charge in [-0.25, -0.2) is 0 Å². The highest BCUT2D eigenvalue weighted by Crippen LogP contribution is 2.20. The predicted molar refractivity (Wildman–Crippen MR) is 116 cm³/mol. The molecule has 0 saturated carbocycles. The fraction of sp³-hybridized carbons (Fsp3) is 0.391. The number of nitrogens with zero attached hydrogens (tertiary/aromatic N) is 2. The first-order chi connectivity index (χ1) is 14.0. The van der Waals surface area contributed by atoms with Crippen LogP contribution in [0.4, 0.5) is 5.69 Å². The van der Waals surface area contributed by atoms with Crippen LogP contribution >= 0.6 is 0 Å². The lowest BCUT2D eigenvalue weighted by Gasteiger charge is -2.31. The van der Waals surface area contributed by atoms with Gasteiger partial charge in [0.05, 0.1) is 11.3 Å². The molecule has 0 aliphatic carbocycles. The zero-order chi connectivity index (χ0) is 22.5. The number of para-hydroxylation sites is 1. The van der Waals surface area contributed by atoms with Crippen LogP contribution in [0.25, 0.3) is 0 Å². The standard InChI is InChI=1S/C23H29N3O4/c1-16-9-8-10-18(13-16)15-25(17(2)22(28)24-23(3,4)5)21(27)14-19-11-6-7-12-20(19)26(29)30/h6-13,17H,14-15H2,1-5H3,(H,24,28)/t17-/m0/s1. The molecule has 0 aromatic heterocycles. The number of amides is 2. The van der Waals surface area contributed by atoms with Crippen molar-refractivity contribution in [2.45, 2.75) is 59.2 Å². The second-order valence-electron chi connectivity index (χ2n) is 8.49. The molecule has 2 aromatic carbocycles. The summed E-state index contributed by atoms with van der Waals surface area (Å²) in [5, 5.41) is 14.2. The van der Waals surface area contributed by atoms with Crippen molar-refractivity contribution in [2.75, 3.05) is 0 Å². The van der Waals surface area contributed by atoms with E-state index in [4.69, 9.17) is 0 Å². The van der Waals surface area contributed by atoms with Gasteiger partial charge >= 0.3 is 0 Å². The Bertz CT molecular complexity index is 934. The number of nitrogens with one attached hydrogen (secondary N) is 1. The first-order valence-electron chi connectivity index (χ1n) is 9.87. The van der Waals surface area contributed by atoms with Crippen molar-refractivity contribution in [2.24, 2.45) is 0 Å². The van der Waals surface area contributed by atoms with E-state index in [0.717, 1.165) is 11.1 Å². The van der Waals surface area contributed by atoms with Crippen molar-refractivity contribution in [1.82, 2.24) is 10.2 Å². The van der Waals surface area contributed by atoms with Crippen molar-refractivity contribution < 1.29 is 14.5 Å². The number of aryl methyl sites for hydroxylation is 1. The van der Waals surface area contributed by atoms with E-state index in [1.165, 1.54) is 11.0 Å². The smallest absolute Gasteiger partial charge is 0.273 e. The van der Waals surface area contributed by atoms with Gasteiger partial charge in [-0.1, -0.05) is 48.0 Å². The van der Waals surface area contributed by atoms with E-state index in [2.05, 4.69) is 5.32 Å². The van der Waals surface area contributed by atoms with Gasteiger partial charge in [-0.2, -0.15) is 0 Å². The minimum Gasteiger partial charge on any atom is -0.350 e. The molecule has 1 atom stereocenters. The zero-order valence-corrected chi connectivity index (χ0v) is 18.1. The van der Waals surface area contributed by atoms with Crippen LogP contribution in [0.2, 0.25) is 0 Å². The summed E-state index contributed by atoms with van der Waals surface area (Å²) in [6.07, 6.45) is -0.157. The molecule has 2 amide bonds. The predicted octanol–water partition coefficient (Wildman–Crippen LogP) is 3.78. The maximum absolute atomic E-state index is 13.2. The molecule has 7 nitrogen and oxygen atoms in total. The molecular weight excluding hydrogens is 382 g/mol. The van der Waals surface area contributed by atoms with Gasteiger partial charge < -0.3 is 10.2 Å². The summed E-state index contributed by atoms with van der Waals surface area (Å²) >= 11 is 0. The summed E-state index contributed by atoms with van der Waals surface area (Å²) in [6, 6.07) is 13.1. The number of benzene rings is 2. The first kappa shape index (κ1) is 23.1. The second-order valence-corrected chi connectivity index (χ2v) is 8.49. The van der Waals surface area contributed by atoms with Gasteiger partial charge in [-0.15, -0.1) is 0 Å². The molecule has 0 heterocycles. The van der Waals surface area contributed by atoms with Crippen LogP contribution in [-0.2, 0) is 22.6 Å². The molecule has 0 aliphatic rings. The topological polar surface area (TPSA) is 92.6 Å². The number of hydrogen-bond donors (Lipinski definition) is 1. The Labute approximate surface area is 177 Å². The third-order valence-electron chi connectivity index (χ3n) is 4.63. The Kier molecular flexibility index (Phi) is 7.32. The maximum atomic E-state index is 13.2. The second kappa shape index (κ2) is 9.52. The molecule has 2 aromatic rings. The van der Waals surface area contributed by atoms with E-state index >= 15 is 0 Å². The summed E-state index contributed by atoms with van der Waals surface area (Å²) in [7, 11) is 0. The molecule has 0 fully saturated rings. The summed E-state index contributed by atoms with van der Waals surface area (Å²) in [6.45, 7) is 9.49. The molecule has 0 bridgehead atoms. The fourth-order valence-electron chi connectivity index (χ4n) is 3.17. The number of hydrogen-bond acceptors (Lipinski definition) is 4. The number of carbonyl (C=O) groups is 2. The maximum Gasteiger partial charge on any atom is 0.273 e. The minimum atomic E-state index is -0.736. The normalized spacial score (nSPS) is 12.2. The van der Waals surface area contributed by atoms with Crippen molar-refractivity contribution >= 4 is 17.5 Å². The van der Waals surface area contributed by atoms with E-state index in [0.29, 0.717) is 5.56 Å². The Morgan fingerprint density at radius 3 is 2.40 bits per heavy atom. The lowest BCUT2D eigenvalue weighted by atomic mass is 10.0. The van der Waals surface area contributed by atoms with Crippen molar-refractivity contribution in [1.29, 1.82) is 0 Å². The zero-order valence-electron chi connectivity index (χ0n) is 18.1. The monoisotopic (exact) mass is 411 g/mol. The number of nitro groups is 1. The van der Waals surface area contributed by atoms with Crippen LogP contribution < -0.4 is 5.32 Å². The first-order valence-corrected chi connectivity index (χ1v) is 9.87. The van der Waals surface area contributed by atoms with Gasteiger partial charge in [0.15, 0.2) is 0 Å². The number of rotatable bonds is 7. The molecule has 160 valence electrons. The number of nitro benzene ring substituents is 1. The quantitative estimate of drug-likeness (QED) is 0.554. The Morgan fingerprint density at radius 2 is 1.80 bits per heavy atom. The van der Waals surface area contributed by atoms with Gasteiger partial charge in [0.1, 0.15) is 6.04 Å². The van der Waals surface area contributed by atoms with Gasteiger partial charge in [0.25, 0.3) is 5.69 Å². The highest BCUT2D eigenvalue weighted by atomic mass is 16.6. The van der Waals surface area contributed by atoms with E-state index in [1.807, 2.05) is 52.0 Å². The van der Waals surface area contributed by atoms with Gasteiger partial charge in [-0.05, 0) is 40.2 Å². The molecule has 0 radical (unpaired) electrons. The van der Waals surface area contributed by atoms with Gasteiger partial charge in [0.2, 0.25) is 11.8 Å². The van der Waals surface area contributed by atoms with Crippen LogP contribution in [0, 0.1) is 17.0 Å². The molecule has 0 unspecified atom stereocenters. The molecular formula is C23H29N3O4. The largest absolute Gasteiger partial charge is 0.350 e. The van der Waals surface area contributed by atoms with Crippen LogP contribution in [-0.4, -0.2) is 33.2 Å². The fourth-order valence-corrected chi connectivity index (χ4v) is 3.17. The Balaban J connectivity index is 2.33. The highest BCUT2D eigenvalue weighted by molar-refractivity contribution is 5.88. The summed E-state index contributed by atoms with van der Waals surface area (Å²) in [5.41, 5.74) is 1.71. The van der Waals surface area contributed by atoms with Crippen molar-refractivity contribution in [3.8, 4) is 0 Å². The van der Waals surface area contributed by atoms with Gasteiger partial charge in [0, 0.05) is 23.7 Å². The number of carbonyl (C=O) groups excluding carboxylic acids is 2. The van der Waals surface area contributed by atoms with Gasteiger partial charge in [-0.3, -0.25) is 19.7 Å². The van der Waals surface area contributed by atoms with Crippen molar-refractivity contribution in [3.63, 3.8) is 0 Å². The Hall–Kier alpha value is -3.22. The van der Waals surface area contributed by atoms with E-state index in [-0.39, 0.29) is 30.5 Å². The molecule has 7 heteroatoms. The van der Waals surface area contributed by atoms with Crippen LogP contribution in [0.3, 0.4) is 0 Å².